The molecule has 0 aliphatic carbocycles. The van der Waals surface area contributed by atoms with Gasteiger partial charge in [-0.05, 0) is 30.3 Å². The molecule has 6 nitrogen and oxygen atoms in total. The second kappa shape index (κ2) is 6.85. The Labute approximate surface area is 128 Å². The van der Waals surface area contributed by atoms with Crippen molar-refractivity contribution in [2.75, 3.05) is 11.9 Å². The fraction of sp³-hybridized carbons (Fsp3) is 0.0714. The zero-order chi connectivity index (χ0) is 15.2. The van der Waals surface area contributed by atoms with Crippen molar-refractivity contribution in [3.63, 3.8) is 0 Å². The Balaban J connectivity index is 1.93. The lowest BCUT2D eigenvalue weighted by atomic mass is 10.3. The number of hydrogen-bond donors (Lipinski definition) is 2. The highest BCUT2D eigenvalue weighted by Gasteiger charge is 2.08. The lowest BCUT2D eigenvalue weighted by Crippen LogP contribution is -2.20. The third kappa shape index (κ3) is 4.57. The highest BCUT2D eigenvalue weighted by atomic mass is 79.9. The average molecular weight is 351 g/mol. The molecule has 2 rings (SSSR count). The van der Waals surface area contributed by atoms with Crippen LogP contribution in [0.1, 0.15) is 10.5 Å². The number of nitrogens with zero attached hydrogens (tertiary/aromatic N) is 1. The number of halogens is 1. The van der Waals surface area contributed by atoms with Gasteiger partial charge in [-0.3, -0.25) is 4.79 Å². The van der Waals surface area contributed by atoms with Crippen molar-refractivity contribution in [1.29, 1.82) is 0 Å². The summed E-state index contributed by atoms with van der Waals surface area (Å²) in [7, 11) is 0. The molecule has 21 heavy (non-hydrogen) atoms. The van der Waals surface area contributed by atoms with Gasteiger partial charge in [-0.25, -0.2) is 9.78 Å². The summed E-state index contributed by atoms with van der Waals surface area (Å²) in [5.74, 6) is -0.991. The molecular weight excluding hydrogens is 340 g/mol. The molecule has 2 N–H and O–H groups in total. The summed E-state index contributed by atoms with van der Waals surface area (Å²) in [5, 5.41) is 11.4. The molecule has 7 heteroatoms. The Kier molecular flexibility index (Phi) is 4.89. The van der Waals surface area contributed by atoms with E-state index in [-0.39, 0.29) is 12.3 Å². The summed E-state index contributed by atoms with van der Waals surface area (Å²) < 4.78 is 6.17. The first-order valence-corrected chi connectivity index (χ1v) is 6.71. The number of carboxylic acid groups (broad SMARTS) is 1. The molecule has 1 aromatic heterocycles. The molecule has 108 valence electrons. The lowest BCUT2D eigenvalue weighted by Gasteiger charge is -2.08. The molecule has 1 amide bonds. The van der Waals surface area contributed by atoms with Crippen LogP contribution in [0, 0.1) is 0 Å². The van der Waals surface area contributed by atoms with Crippen molar-refractivity contribution in [1.82, 2.24) is 4.98 Å². The molecule has 0 saturated heterocycles. The van der Waals surface area contributed by atoms with E-state index in [0.717, 1.165) is 4.47 Å². The number of hydrogen-bond acceptors (Lipinski definition) is 4. The molecule has 1 aromatic carbocycles. The summed E-state index contributed by atoms with van der Waals surface area (Å²) in [5.41, 5.74) is 0.214. The molecular formula is C14H11BrN2O4. The Bertz CT molecular complexity index is 676. The Morgan fingerprint density at radius 3 is 2.81 bits per heavy atom. The summed E-state index contributed by atoms with van der Waals surface area (Å²) >= 11 is 3.30. The average Bonchev–Trinajstić information content (AvgIpc) is 2.45. The van der Waals surface area contributed by atoms with Crippen molar-refractivity contribution >= 4 is 33.5 Å². The van der Waals surface area contributed by atoms with Gasteiger partial charge in [-0.15, -0.1) is 0 Å². The van der Waals surface area contributed by atoms with E-state index < -0.39 is 11.9 Å². The summed E-state index contributed by atoms with van der Waals surface area (Å²) in [6.07, 6.45) is 1.31. The molecule has 0 saturated carbocycles. The van der Waals surface area contributed by atoms with Crippen LogP contribution in [-0.2, 0) is 4.79 Å². The smallest absolute Gasteiger partial charge is 0.354 e. The first-order valence-electron chi connectivity index (χ1n) is 5.92. The number of aromatic carboxylic acids is 1. The van der Waals surface area contributed by atoms with Crippen LogP contribution >= 0.6 is 15.9 Å². The fourth-order valence-corrected chi connectivity index (χ4v) is 1.91. The zero-order valence-electron chi connectivity index (χ0n) is 10.7. The topological polar surface area (TPSA) is 88.5 Å². The van der Waals surface area contributed by atoms with Gasteiger partial charge < -0.3 is 15.2 Å². The quantitative estimate of drug-likeness (QED) is 0.864. The van der Waals surface area contributed by atoms with Crippen LogP contribution in [0.25, 0.3) is 0 Å². The predicted molar refractivity (Wildman–Crippen MR) is 79.5 cm³/mol. The van der Waals surface area contributed by atoms with Crippen LogP contribution in [0.5, 0.6) is 5.75 Å². The fourth-order valence-electron chi connectivity index (χ4n) is 1.53. The van der Waals surface area contributed by atoms with Crippen molar-refractivity contribution < 1.29 is 19.4 Å². The molecule has 0 radical (unpaired) electrons. The van der Waals surface area contributed by atoms with Gasteiger partial charge in [-0.2, -0.15) is 0 Å². The number of rotatable bonds is 5. The van der Waals surface area contributed by atoms with Crippen LogP contribution in [0.4, 0.5) is 5.69 Å². The highest BCUT2D eigenvalue weighted by Crippen LogP contribution is 2.17. The van der Waals surface area contributed by atoms with Gasteiger partial charge in [0, 0.05) is 16.4 Å². The maximum atomic E-state index is 11.7. The summed E-state index contributed by atoms with van der Waals surface area (Å²) in [6, 6.07) is 9.88. The minimum atomic E-state index is -1.16. The number of ether oxygens (including phenoxy) is 1. The molecule has 0 atom stereocenters. The molecule has 0 unspecified atom stereocenters. The number of carbonyl (C=O) groups is 2. The summed E-state index contributed by atoms with van der Waals surface area (Å²) in [6.45, 7) is -0.179. The van der Waals surface area contributed by atoms with Gasteiger partial charge in [0.2, 0.25) is 0 Å². The van der Waals surface area contributed by atoms with E-state index in [0.29, 0.717) is 11.4 Å². The van der Waals surface area contributed by atoms with Crippen molar-refractivity contribution in [2.45, 2.75) is 0 Å². The maximum Gasteiger partial charge on any atom is 0.354 e. The Morgan fingerprint density at radius 2 is 2.10 bits per heavy atom. The predicted octanol–water partition coefficient (Wildman–Crippen LogP) is 2.56. The molecule has 2 aromatic rings. The minimum absolute atomic E-state index is 0.138. The van der Waals surface area contributed by atoms with Gasteiger partial charge in [-0.1, -0.05) is 22.0 Å². The normalized spacial score (nSPS) is 9.95. The second-order valence-electron chi connectivity index (χ2n) is 4.03. The largest absolute Gasteiger partial charge is 0.484 e. The third-order valence-corrected chi connectivity index (χ3v) is 2.92. The van der Waals surface area contributed by atoms with Crippen LogP contribution in [-0.4, -0.2) is 28.6 Å². The van der Waals surface area contributed by atoms with E-state index in [1.165, 1.54) is 18.3 Å². The maximum absolute atomic E-state index is 11.7. The number of amides is 1. The van der Waals surface area contributed by atoms with Crippen LogP contribution in [0.3, 0.4) is 0 Å². The number of anilines is 1. The van der Waals surface area contributed by atoms with Gasteiger partial charge in [0.1, 0.15) is 11.4 Å². The number of pyridine rings is 1. The van der Waals surface area contributed by atoms with Gasteiger partial charge in [0.05, 0.1) is 0 Å². The lowest BCUT2D eigenvalue weighted by molar-refractivity contribution is -0.118. The number of carbonyl (C=O) groups excluding carboxylic acids is 1. The van der Waals surface area contributed by atoms with Crippen LogP contribution in [0.2, 0.25) is 0 Å². The van der Waals surface area contributed by atoms with Gasteiger partial charge >= 0.3 is 5.97 Å². The van der Waals surface area contributed by atoms with Gasteiger partial charge in [0.25, 0.3) is 5.91 Å². The van der Waals surface area contributed by atoms with Crippen molar-refractivity contribution in [3.8, 4) is 5.75 Å². The monoisotopic (exact) mass is 350 g/mol. The number of aromatic nitrogens is 1. The Hall–Kier alpha value is -2.41. The molecule has 1 heterocycles. The van der Waals surface area contributed by atoms with E-state index in [1.807, 2.05) is 6.07 Å². The number of nitrogens with one attached hydrogen (secondary N) is 1. The standard InChI is InChI=1S/C14H11BrN2O4/c15-9-2-1-3-11(6-9)21-8-13(18)17-10-4-5-16-12(7-10)14(19)20/h1-7H,8H2,(H,19,20)(H,16,17,18). The molecule has 0 spiro atoms. The highest BCUT2D eigenvalue weighted by molar-refractivity contribution is 9.10. The van der Waals surface area contributed by atoms with Gasteiger partial charge in [0.15, 0.2) is 6.61 Å². The van der Waals surface area contributed by atoms with Crippen molar-refractivity contribution in [3.05, 3.63) is 52.8 Å². The number of benzene rings is 1. The minimum Gasteiger partial charge on any atom is -0.484 e. The Morgan fingerprint density at radius 1 is 1.29 bits per heavy atom. The summed E-state index contributed by atoms with van der Waals surface area (Å²) in [4.78, 5) is 26.2. The van der Waals surface area contributed by atoms with E-state index in [4.69, 9.17) is 9.84 Å². The van der Waals surface area contributed by atoms with E-state index in [1.54, 1.807) is 18.2 Å². The van der Waals surface area contributed by atoms with E-state index >= 15 is 0 Å². The van der Waals surface area contributed by atoms with E-state index in [9.17, 15) is 9.59 Å². The van der Waals surface area contributed by atoms with Crippen LogP contribution in [0.15, 0.2) is 47.1 Å². The zero-order valence-corrected chi connectivity index (χ0v) is 12.3. The molecule has 0 aliphatic rings. The first kappa shape index (κ1) is 15.0. The second-order valence-corrected chi connectivity index (χ2v) is 4.94. The third-order valence-electron chi connectivity index (χ3n) is 2.43. The van der Waals surface area contributed by atoms with E-state index in [2.05, 4.69) is 26.2 Å². The first-order chi connectivity index (χ1) is 10.0. The molecule has 0 fully saturated rings. The van der Waals surface area contributed by atoms with Crippen molar-refractivity contribution in [2.24, 2.45) is 0 Å². The SMILES string of the molecule is O=C(COc1cccc(Br)c1)Nc1ccnc(C(=O)O)c1. The molecule has 0 bridgehead atoms. The molecule has 0 aliphatic heterocycles. The van der Waals surface area contributed by atoms with Crippen LogP contribution < -0.4 is 10.1 Å². The number of carboxylic acids is 1.